The summed E-state index contributed by atoms with van der Waals surface area (Å²) in [6, 6.07) is 0. The molecule has 0 saturated carbocycles. The molecule has 6 heteroatoms. The second-order valence-electron chi connectivity index (χ2n) is 1.63. The minimum atomic E-state index is -0.214. The highest BCUT2D eigenvalue weighted by Gasteiger charge is 1.94. The van der Waals surface area contributed by atoms with Gasteiger partial charge in [0.05, 0.1) is 0 Å². The lowest BCUT2D eigenvalue weighted by atomic mass is 10.7. The zero-order valence-electron chi connectivity index (χ0n) is 5.56. The van der Waals surface area contributed by atoms with Crippen molar-refractivity contribution in [2.75, 3.05) is 0 Å². The number of hydrogen-bond acceptors (Lipinski definition) is 2. The quantitative estimate of drug-likeness (QED) is 0.203. The second kappa shape index (κ2) is 4.10. The van der Waals surface area contributed by atoms with Crippen LogP contribution in [0.25, 0.3) is 0 Å². The van der Waals surface area contributed by atoms with Crippen molar-refractivity contribution in [3.8, 4) is 0 Å². The van der Waals surface area contributed by atoms with Gasteiger partial charge in [0.2, 0.25) is 0 Å². The summed E-state index contributed by atoms with van der Waals surface area (Å²) in [6.45, 7) is 1.80. The predicted octanol–water partition coefficient (Wildman–Crippen LogP) is -0.475. The molecule has 0 saturated heterocycles. The number of halogens is 1. The first-order chi connectivity index (χ1) is 4.52. The zero-order valence-corrected chi connectivity index (χ0v) is 7.14. The maximum atomic E-state index is 6.76. The highest BCUT2D eigenvalue weighted by molar-refractivity contribution is 9.09. The first-order valence-corrected chi connectivity index (χ1v) is 3.52. The van der Waals surface area contributed by atoms with E-state index in [1.165, 1.54) is 0 Å². The molecule has 1 unspecified atom stereocenters. The van der Waals surface area contributed by atoms with E-state index in [2.05, 4.69) is 26.2 Å². The predicted molar refractivity (Wildman–Crippen MR) is 45.1 cm³/mol. The van der Waals surface area contributed by atoms with E-state index in [1.54, 1.807) is 6.92 Å². The Labute approximate surface area is 67.5 Å². The third kappa shape index (κ3) is 5.36. The van der Waals surface area contributed by atoms with E-state index in [0.29, 0.717) is 0 Å². The van der Waals surface area contributed by atoms with Gasteiger partial charge in [0.25, 0.3) is 0 Å². The van der Waals surface area contributed by atoms with Gasteiger partial charge in [0, 0.05) is 0 Å². The summed E-state index contributed by atoms with van der Waals surface area (Å²) in [6.07, 6.45) is 0. The highest BCUT2D eigenvalue weighted by Crippen LogP contribution is 1.96. The van der Waals surface area contributed by atoms with E-state index in [4.69, 9.17) is 16.9 Å². The molecule has 0 radical (unpaired) electrons. The maximum absolute atomic E-state index is 6.76. The van der Waals surface area contributed by atoms with Crippen molar-refractivity contribution >= 4 is 27.8 Å². The van der Waals surface area contributed by atoms with Crippen molar-refractivity contribution in [1.29, 1.82) is 5.41 Å². The smallest absolute Gasteiger partial charge is 0.196 e. The minimum Gasteiger partial charge on any atom is -0.370 e. The van der Waals surface area contributed by atoms with E-state index in [0.717, 1.165) is 0 Å². The fourth-order valence-electron chi connectivity index (χ4n) is 0.362. The van der Waals surface area contributed by atoms with Gasteiger partial charge in [-0.25, -0.2) is 4.99 Å². The molecular formula is C4H10BrN5. The molecule has 6 N–H and O–H groups in total. The van der Waals surface area contributed by atoms with Gasteiger partial charge in [0.15, 0.2) is 11.9 Å². The van der Waals surface area contributed by atoms with Crippen molar-refractivity contribution in [2.45, 2.75) is 11.9 Å². The molecule has 0 spiro atoms. The van der Waals surface area contributed by atoms with Gasteiger partial charge in [-0.2, -0.15) is 0 Å². The van der Waals surface area contributed by atoms with Crippen LogP contribution in [0.15, 0.2) is 4.99 Å². The molecule has 0 fully saturated rings. The Hall–Kier alpha value is -0.780. The number of guanidine groups is 2. The van der Waals surface area contributed by atoms with Crippen LogP contribution in [-0.4, -0.2) is 16.9 Å². The van der Waals surface area contributed by atoms with Gasteiger partial charge < -0.3 is 11.5 Å². The van der Waals surface area contributed by atoms with E-state index >= 15 is 0 Å². The maximum Gasteiger partial charge on any atom is 0.196 e. The molecule has 0 heterocycles. The van der Waals surface area contributed by atoms with Crippen molar-refractivity contribution in [3.63, 3.8) is 0 Å². The van der Waals surface area contributed by atoms with Crippen LogP contribution in [0.3, 0.4) is 0 Å². The number of nitrogens with zero attached hydrogens (tertiary/aromatic N) is 1. The molecule has 0 rings (SSSR count). The lowest BCUT2D eigenvalue weighted by Gasteiger charge is -2.02. The first-order valence-electron chi connectivity index (χ1n) is 2.60. The Morgan fingerprint density at radius 3 is 2.50 bits per heavy atom. The van der Waals surface area contributed by atoms with Crippen LogP contribution >= 0.6 is 15.9 Å². The van der Waals surface area contributed by atoms with Gasteiger partial charge >= 0.3 is 0 Å². The molecule has 58 valence electrons. The fraction of sp³-hybridized carbons (Fsp3) is 0.500. The second-order valence-corrected chi connectivity index (χ2v) is 2.95. The number of nitrogens with one attached hydrogen (secondary N) is 2. The molecule has 5 nitrogen and oxygen atoms in total. The summed E-state index contributed by atoms with van der Waals surface area (Å²) >= 11 is 3.15. The molecule has 0 aliphatic carbocycles. The Balaban J connectivity index is 3.82. The highest BCUT2D eigenvalue weighted by atomic mass is 79.9. The SMILES string of the molecule is CC(Br)N=C(N)NC(=N)N. The van der Waals surface area contributed by atoms with Gasteiger partial charge in [-0.15, -0.1) is 0 Å². The minimum absolute atomic E-state index is 0.0700. The average Bonchev–Trinajstić information content (AvgIpc) is 1.58. The van der Waals surface area contributed by atoms with Gasteiger partial charge in [0.1, 0.15) is 4.95 Å². The molecule has 0 aliphatic rings. The van der Waals surface area contributed by atoms with Gasteiger partial charge in [-0.3, -0.25) is 10.7 Å². The summed E-state index contributed by atoms with van der Waals surface area (Å²) in [5, 5.41) is 9.09. The van der Waals surface area contributed by atoms with Crippen LogP contribution in [0.1, 0.15) is 6.92 Å². The van der Waals surface area contributed by atoms with Crippen LogP contribution in [0.5, 0.6) is 0 Å². The van der Waals surface area contributed by atoms with Crippen molar-refractivity contribution < 1.29 is 0 Å². The van der Waals surface area contributed by atoms with Crippen LogP contribution in [0, 0.1) is 5.41 Å². The van der Waals surface area contributed by atoms with E-state index < -0.39 is 0 Å². The number of hydrogen-bond donors (Lipinski definition) is 4. The summed E-state index contributed by atoms with van der Waals surface area (Å²) in [5.41, 5.74) is 10.2. The summed E-state index contributed by atoms with van der Waals surface area (Å²) in [7, 11) is 0. The number of alkyl halides is 1. The molecule has 0 bridgehead atoms. The monoisotopic (exact) mass is 207 g/mol. The summed E-state index contributed by atoms with van der Waals surface area (Å²) in [5.74, 6) is -0.0775. The van der Waals surface area contributed by atoms with Crippen LogP contribution < -0.4 is 16.8 Å². The van der Waals surface area contributed by atoms with Crippen molar-refractivity contribution in [1.82, 2.24) is 5.32 Å². The lowest BCUT2D eigenvalue weighted by Crippen LogP contribution is -2.41. The third-order valence-electron chi connectivity index (χ3n) is 0.580. The molecule has 10 heavy (non-hydrogen) atoms. The van der Waals surface area contributed by atoms with Crippen molar-refractivity contribution in [3.05, 3.63) is 0 Å². The molecule has 0 amide bonds. The average molecular weight is 208 g/mol. The van der Waals surface area contributed by atoms with Gasteiger partial charge in [-0.1, -0.05) is 15.9 Å². The molecular weight excluding hydrogens is 198 g/mol. The molecule has 0 aromatic heterocycles. The topological polar surface area (TPSA) is 100 Å². The third-order valence-corrected chi connectivity index (χ3v) is 0.784. The normalized spacial score (nSPS) is 14.4. The molecule has 0 aliphatic heterocycles. The summed E-state index contributed by atoms with van der Waals surface area (Å²) in [4.78, 5) is 3.73. The molecule has 0 aromatic carbocycles. The Kier molecular flexibility index (Phi) is 3.78. The van der Waals surface area contributed by atoms with Crippen molar-refractivity contribution in [2.24, 2.45) is 16.5 Å². The molecule has 0 aromatic rings. The largest absolute Gasteiger partial charge is 0.370 e. The van der Waals surface area contributed by atoms with Crippen LogP contribution in [0.4, 0.5) is 0 Å². The summed E-state index contributed by atoms with van der Waals surface area (Å²) < 4.78 is 0. The van der Waals surface area contributed by atoms with Crippen LogP contribution in [0.2, 0.25) is 0 Å². The first kappa shape index (κ1) is 9.22. The van der Waals surface area contributed by atoms with E-state index in [9.17, 15) is 0 Å². The zero-order chi connectivity index (χ0) is 8.15. The standard InChI is InChI=1S/C4H10BrN5/c1-2(5)9-4(8)10-3(6)7/h2H,1H3,(H6,6,7,8,9,10). The molecule has 1 atom stereocenters. The van der Waals surface area contributed by atoms with Gasteiger partial charge in [-0.05, 0) is 6.92 Å². The number of nitrogens with two attached hydrogens (primary N) is 2. The van der Waals surface area contributed by atoms with E-state index in [-0.39, 0.29) is 16.9 Å². The van der Waals surface area contributed by atoms with Crippen LogP contribution in [-0.2, 0) is 0 Å². The Bertz CT molecular complexity index is 152. The Morgan fingerprint density at radius 1 is 1.70 bits per heavy atom. The number of rotatable bonds is 1. The Morgan fingerprint density at radius 2 is 2.20 bits per heavy atom. The lowest BCUT2D eigenvalue weighted by molar-refractivity contribution is 1.03. The van der Waals surface area contributed by atoms with E-state index in [1.807, 2.05) is 0 Å². The number of aliphatic imine (C=N–C) groups is 1. The fourth-order valence-corrected chi connectivity index (χ4v) is 0.582.